The molecule has 0 atom stereocenters. The number of carbonyl (C=O) groups excluding carboxylic acids is 1. The Kier molecular flexibility index (Phi) is 6.12. The first-order chi connectivity index (χ1) is 12.7. The van der Waals surface area contributed by atoms with Crippen LogP contribution in [0.2, 0.25) is 0 Å². The Labute approximate surface area is 155 Å². The molecule has 1 heterocycles. The summed E-state index contributed by atoms with van der Waals surface area (Å²) in [5, 5.41) is 15.4. The number of para-hydroxylation sites is 1. The second-order valence-corrected chi connectivity index (χ2v) is 6.75. The standard InChI is InChI=1S/C21H27N3O2/c1-22-21(26)17-6-8-19(9-7-17)23-14-18-4-2-3-5-20(18)24-12-10-16(15-25)11-13-24/h2-9,16,23,25H,10-15H2,1H3,(H,22,26). The Morgan fingerprint density at radius 3 is 2.46 bits per heavy atom. The molecule has 2 aromatic carbocycles. The van der Waals surface area contributed by atoms with Crippen LogP contribution in [-0.4, -0.2) is 37.8 Å². The van der Waals surface area contributed by atoms with Gasteiger partial charge in [-0.05, 0) is 54.7 Å². The number of aliphatic hydroxyl groups excluding tert-OH is 1. The van der Waals surface area contributed by atoms with Crippen LogP contribution in [0.4, 0.5) is 11.4 Å². The maximum absolute atomic E-state index is 11.6. The largest absolute Gasteiger partial charge is 0.396 e. The van der Waals surface area contributed by atoms with Crippen molar-refractivity contribution in [1.82, 2.24) is 5.32 Å². The monoisotopic (exact) mass is 353 g/mol. The predicted molar refractivity (Wildman–Crippen MR) is 106 cm³/mol. The lowest BCUT2D eigenvalue weighted by Crippen LogP contribution is -2.35. The minimum Gasteiger partial charge on any atom is -0.396 e. The van der Waals surface area contributed by atoms with Gasteiger partial charge in [-0.25, -0.2) is 0 Å². The molecule has 1 fully saturated rings. The molecule has 138 valence electrons. The van der Waals surface area contributed by atoms with E-state index in [0.29, 0.717) is 18.1 Å². The molecule has 3 N–H and O–H groups in total. The van der Waals surface area contributed by atoms with E-state index in [1.165, 1.54) is 11.3 Å². The van der Waals surface area contributed by atoms with Crippen LogP contribution in [0.15, 0.2) is 48.5 Å². The van der Waals surface area contributed by atoms with Gasteiger partial charge in [0.25, 0.3) is 5.91 Å². The second-order valence-electron chi connectivity index (χ2n) is 6.75. The number of hydrogen-bond donors (Lipinski definition) is 3. The van der Waals surface area contributed by atoms with Gasteiger partial charge in [-0.2, -0.15) is 0 Å². The summed E-state index contributed by atoms with van der Waals surface area (Å²) in [6.07, 6.45) is 2.08. The zero-order chi connectivity index (χ0) is 18.4. The van der Waals surface area contributed by atoms with Crippen molar-refractivity contribution in [3.05, 3.63) is 59.7 Å². The molecule has 1 amide bonds. The zero-order valence-electron chi connectivity index (χ0n) is 15.2. The van der Waals surface area contributed by atoms with Gasteiger partial charge in [0.05, 0.1) is 0 Å². The van der Waals surface area contributed by atoms with E-state index in [-0.39, 0.29) is 5.91 Å². The molecular weight excluding hydrogens is 326 g/mol. The van der Waals surface area contributed by atoms with Crippen LogP contribution in [0, 0.1) is 5.92 Å². The third kappa shape index (κ3) is 4.35. The van der Waals surface area contributed by atoms with Gasteiger partial charge in [0, 0.05) is 50.2 Å². The molecular formula is C21H27N3O2. The molecule has 0 saturated carbocycles. The highest BCUT2D eigenvalue weighted by molar-refractivity contribution is 5.94. The van der Waals surface area contributed by atoms with E-state index in [4.69, 9.17) is 0 Å². The first-order valence-corrected chi connectivity index (χ1v) is 9.21. The summed E-state index contributed by atoms with van der Waals surface area (Å²) in [5.41, 5.74) is 4.17. The van der Waals surface area contributed by atoms with Crippen LogP contribution < -0.4 is 15.5 Å². The van der Waals surface area contributed by atoms with E-state index in [2.05, 4.69) is 39.8 Å². The van der Waals surface area contributed by atoms with Gasteiger partial charge in [-0.15, -0.1) is 0 Å². The molecule has 5 nitrogen and oxygen atoms in total. The highest BCUT2D eigenvalue weighted by atomic mass is 16.3. The van der Waals surface area contributed by atoms with Gasteiger partial charge in [0.1, 0.15) is 0 Å². The zero-order valence-corrected chi connectivity index (χ0v) is 15.2. The Balaban J connectivity index is 1.64. The Morgan fingerprint density at radius 2 is 1.81 bits per heavy atom. The Bertz CT molecular complexity index is 722. The summed E-state index contributed by atoms with van der Waals surface area (Å²) >= 11 is 0. The first-order valence-electron chi connectivity index (χ1n) is 9.21. The van der Waals surface area contributed by atoms with Crippen molar-refractivity contribution in [2.24, 2.45) is 5.92 Å². The van der Waals surface area contributed by atoms with Crippen molar-refractivity contribution in [2.45, 2.75) is 19.4 Å². The number of nitrogens with one attached hydrogen (secondary N) is 2. The fraction of sp³-hybridized carbons (Fsp3) is 0.381. The number of piperidine rings is 1. The van der Waals surface area contributed by atoms with Crippen molar-refractivity contribution in [3.8, 4) is 0 Å². The molecule has 0 radical (unpaired) electrons. The maximum atomic E-state index is 11.6. The summed E-state index contributed by atoms with van der Waals surface area (Å²) in [5.74, 6) is 0.364. The molecule has 1 aliphatic heterocycles. The molecule has 1 saturated heterocycles. The molecule has 3 rings (SSSR count). The minimum absolute atomic E-state index is 0.0758. The van der Waals surface area contributed by atoms with Crippen LogP contribution in [0.5, 0.6) is 0 Å². The molecule has 2 aromatic rings. The molecule has 1 aliphatic rings. The van der Waals surface area contributed by atoms with Gasteiger partial charge in [0.15, 0.2) is 0 Å². The number of anilines is 2. The van der Waals surface area contributed by atoms with Crippen molar-refractivity contribution < 1.29 is 9.90 Å². The molecule has 0 aromatic heterocycles. The fourth-order valence-corrected chi connectivity index (χ4v) is 3.41. The number of nitrogens with zero attached hydrogens (tertiary/aromatic N) is 1. The second kappa shape index (κ2) is 8.72. The van der Waals surface area contributed by atoms with Gasteiger partial charge in [0.2, 0.25) is 0 Å². The van der Waals surface area contributed by atoms with Gasteiger partial charge >= 0.3 is 0 Å². The molecule has 5 heteroatoms. The smallest absolute Gasteiger partial charge is 0.251 e. The quantitative estimate of drug-likeness (QED) is 0.747. The van der Waals surface area contributed by atoms with E-state index in [1.807, 2.05) is 24.3 Å². The summed E-state index contributed by atoms with van der Waals surface area (Å²) in [6, 6.07) is 16.0. The average Bonchev–Trinajstić information content (AvgIpc) is 2.72. The molecule has 0 unspecified atom stereocenters. The third-order valence-corrected chi connectivity index (χ3v) is 5.06. The van der Waals surface area contributed by atoms with E-state index in [1.54, 1.807) is 7.05 Å². The Morgan fingerprint density at radius 1 is 1.12 bits per heavy atom. The van der Waals surface area contributed by atoms with Crippen LogP contribution >= 0.6 is 0 Å². The number of rotatable bonds is 6. The summed E-state index contributed by atoms with van der Waals surface area (Å²) in [6.45, 7) is 3.00. The number of aliphatic hydroxyl groups is 1. The third-order valence-electron chi connectivity index (χ3n) is 5.06. The van der Waals surface area contributed by atoms with Crippen LogP contribution in [0.1, 0.15) is 28.8 Å². The van der Waals surface area contributed by atoms with Crippen LogP contribution in [0.25, 0.3) is 0 Å². The van der Waals surface area contributed by atoms with Crippen LogP contribution in [-0.2, 0) is 6.54 Å². The predicted octanol–water partition coefficient (Wildman–Crippen LogP) is 2.87. The van der Waals surface area contributed by atoms with Gasteiger partial charge in [-0.1, -0.05) is 18.2 Å². The van der Waals surface area contributed by atoms with Crippen molar-refractivity contribution >= 4 is 17.3 Å². The lowest BCUT2D eigenvalue weighted by atomic mass is 9.97. The summed E-state index contributed by atoms with van der Waals surface area (Å²) in [4.78, 5) is 14.0. The topological polar surface area (TPSA) is 64.6 Å². The summed E-state index contributed by atoms with van der Waals surface area (Å²) in [7, 11) is 1.63. The molecule has 0 spiro atoms. The maximum Gasteiger partial charge on any atom is 0.251 e. The average molecular weight is 353 g/mol. The Hall–Kier alpha value is -2.53. The molecule has 0 bridgehead atoms. The highest BCUT2D eigenvalue weighted by Gasteiger charge is 2.20. The van der Waals surface area contributed by atoms with E-state index in [9.17, 15) is 9.90 Å². The van der Waals surface area contributed by atoms with Crippen molar-refractivity contribution in [3.63, 3.8) is 0 Å². The lowest BCUT2D eigenvalue weighted by molar-refractivity contribution is 0.0963. The van der Waals surface area contributed by atoms with E-state index < -0.39 is 0 Å². The van der Waals surface area contributed by atoms with Crippen molar-refractivity contribution in [2.75, 3.05) is 37.0 Å². The highest BCUT2D eigenvalue weighted by Crippen LogP contribution is 2.27. The minimum atomic E-state index is -0.0758. The van der Waals surface area contributed by atoms with Crippen LogP contribution in [0.3, 0.4) is 0 Å². The van der Waals surface area contributed by atoms with Gasteiger partial charge < -0.3 is 20.6 Å². The molecule has 0 aliphatic carbocycles. The fourth-order valence-electron chi connectivity index (χ4n) is 3.41. The number of hydrogen-bond acceptors (Lipinski definition) is 4. The number of carbonyl (C=O) groups is 1. The van der Waals surface area contributed by atoms with E-state index >= 15 is 0 Å². The number of amides is 1. The van der Waals surface area contributed by atoms with Crippen molar-refractivity contribution in [1.29, 1.82) is 0 Å². The first kappa shape index (κ1) is 18.3. The number of benzene rings is 2. The van der Waals surface area contributed by atoms with E-state index in [0.717, 1.165) is 38.2 Å². The molecule has 26 heavy (non-hydrogen) atoms. The summed E-state index contributed by atoms with van der Waals surface area (Å²) < 4.78 is 0. The van der Waals surface area contributed by atoms with Gasteiger partial charge in [-0.3, -0.25) is 4.79 Å². The normalized spacial score (nSPS) is 14.9. The lowest BCUT2D eigenvalue weighted by Gasteiger charge is -2.34. The SMILES string of the molecule is CNC(=O)c1ccc(NCc2ccccc2N2CCC(CO)CC2)cc1.